The number of aromatic nitrogens is 1. The Bertz CT molecular complexity index is 849. The number of ketones is 1. The SMILES string of the molecule is CC(C)(C(=O)c1cc2ccc(F)cc2[nH]1)c1ccc(Cl)cc1. The number of hydrogen-bond acceptors (Lipinski definition) is 1. The molecule has 0 spiro atoms. The van der Waals surface area contributed by atoms with Crippen LogP contribution in [0.2, 0.25) is 5.02 Å². The van der Waals surface area contributed by atoms with Crippen LogP contribution in [0.5, 0.6) is 0 Å². The Kier molecular flexibility index (Phi) is 3.53. The van der Waals surface area contributed by atoms with Crippen molar-refractivity contribution >= 4 is 28.3 Å². The maximum absolute atomic E-state index is 13.3. The van der Waals surface area contributed by atoms with Crippen LogP contribution in [0.1, 0.15) is 29.9 Å². The van der Waals surface area contributed by atoms with Gasteiger partial charge in [-0.1, -0.05) is 23.7 Å². The monoisotopic (exact) mass is 315 g/mol. The molecule has 1 heterocycles. The second-order valence-corrected chi connectivity index (χ2v) is 6.31. The molecule has 4 heteroatoms. The van der Waals surface area contributed by atoms with Crippen LogP contribution < -0.4 is 0 Å². The summed E-state index contributed by atoms with van der Waals surface area (Å²) in [5.41, 5.74) is 1.27. The fourth-order valence-electron chi connectivity index (χ4n) is 2.56. The molecule has 0 fully saturated rings. The Labute approximate surface area is 132 Å². The first-order valence-electron chi connectivity index (χ1n) is 6.97. The molecule has 3 rings (SSSR count). The minimum atomic E-state index is -0.704. The van der Waals surface area contributed by atoms with Gasteiger partial charge in [0.05, 0.1) is 11.1 Å². The number of aromatic amines is 1. The molecule has 0 amide bonds. The minimum absolute atomic E-state index is 0.0496. The number of benzene rings is 2. The van der Waals surface area contributed by atoms with Gasteiger partial charge in [-0.15, -0.1) is 0 Å². The molecule has 1 N–H and O–H groups in total. The predicted molar refractivity (Wildman–Crippen MR) is 87.1 cm³/mol. The van der Waals surface area contributed by atoms with Gasteiger partial charge in [0.1, 0.15) is 5.82 Å². The molecular weight excluding hydrogens is 301 g/mol. The van der Waals surface area contributed by atoms with E-state index in [1.54, 1.807) is 24.3 Å². The van der Waals surface area contributed by atoms with Crippen LogP contribution in [-0.2, 0) is 5.41 Å². The van der Waals surface area contributed by atoms with Crippen molar-refractivity contribution < 1.29 is 9.18 Å². The van der Waals surface area contributed by atoms with E-state index in [0.717, 1.165) is 10.9 Å². The summed E-state index contributed by atoms with van der Waals surface area (Å²) in [4.78, 5) is 15.9. The molecule has 0 unspecified atom stereocenters. The number of carbonyl (C=O) groups excluding carboxylic acids is 1. The van der Waals surface area contributed by atoms with Gasteiger partial charge >= 0.3 is 0 Å². The van der Waals surface area contributed by atoms with E-state index < -0.39 is 5.41 Å². The van der Waals surface area contributed by atoms with Crippen molar-refractivity contribution in [3.05, 3.63) is 70.6 Å². The molecule has 0 saturated carbocycles. The lowest BCUT2D eigenvalue weighted by molar-refractivity contribution is 0.0904. The number of Topliss-reactive ketones (excluding diaryl/α,β-unsaturated/α-hetero) is 1. The lowest BCUT2D eigenvalue weighted by Gasteiger charge is -2.23. The largest absolute Gasteiger partial charge is 0.352 e. The summed E-state index contributed by atoms with van der Waals surface area (Å²) in [6, 6.07) is 13.4. The van der Waals surface area contributed by atoms with Crippen LogP contribution in [0.25, 0.3) is 10.9 Å². The molecule has 2 aromatic carbocycles. The molecule has 0 atom stereocenters. The van der Waals surface area contributed by atoms with Crippen LogP contribution in [0.15, 0.2) is 48.5 Å². The molecule has 2 nitrogen and oxygen atoms in total. The average molecular weight is 316 g/mol. The molecule has 0 aliphatic heterocycles. The third kappa shape index (κ3) is 2.53. The highest BCUT2D eigenvalue weighted by Gasteiger charge is 2.31. The van der Waals surface area contributed by atoms with Crippen molar-refractivity contribution in [3.8, 4) is 0 Å². The third-order valence-electron chi connectivity index (χ3n) is 3.96. The smallest absolute Gasteiger partial charge is 0.188 e. The fourth-order valence-corrected chi connectivity index (χ4v) is 2.68. The summed E-state index contributed by atoms with van der Waals surface area (Å²) < 4.78 is 13.3. The Morgan fingerprint density at radius 2 is 1.77 bits per heavy atom. The Balaban J connectivity index is 2.01. The number of hydrogen-bond donors (Lipinski definition) is 1. The molecule has 0 aliphatic carbocycles. The maximum atomic E-state index is 13.3. The summed E-state index contributed by atoms with van der Waals surface area (Å²) in [6.07, 6.45) is 0. The molecule has 0 radical (unpaired) electrons. The normalized spacial score (nSPS) is 11.8. The minimum Gasteiger partial charge on any atom is -0.352 e. The Morgan fingerprint density at radius 3 is 2.45 bits per heavy atom. The molecule has 3 aromatic rings. The van der Waals surface area contributed by atoms with Gasteiger partial charge in [0.15, 0.2) is 5.78 Å². The zero-order chi connectivity index (χ0) is 15.9. The topological polar surface area (TPSA) is 32.9 Å². The number of fused-ring (bicyclic) bond motifs is 1. The molecule has 0 bridgehead atoms. The number of nitrogens with one attached hydrogen (secondary N) is 1. The molecule has 112 valence electrons. The summed E-state index contributed by atoms with van der Waals surface area (Å²) in [6.45, 7) is 3.73. The van der Waals surface area contributed by atoms with Crippen molar-refractivity contribution in [1.29, 1.82) is 0 Å². The van der Waals surface area contributed by atoms with E-state index in [-0.39, 0.29) is 11.6 Å². The quantitative estimate of drug-likeness (QED) is 0.668. The first-order valence-corrected chi connectivity index (χ1v) is 7.35. The van der Waals surface area contributed by atoms with E-state index in [4.69, 9.17) is 11.6 Å². The van der Waals surface area contributed by atoms with Crippen molar-refractivity contribution in [3.63, 3.8) is 0 Å². The number of rotatable bonds is 3. The summed E-state index contributed by atoms with van der Waals surface area (Å²) in [5, 5.41) is 1.45. The Morgan fingerprint density at radius 1 is 1.09 bits per heavy atom. The lowest BCUT2D eigenvalue weighted by Crippen LogP contribution is -2.29. The van der Waals surface area contributed by atoms with Gasteiger partial charge < -0.3 is 4.98 Å². The lowest BCUT2D eigenvalue weighted by atomic mass is 9.79. The van der Waals surface area contributed by atoms with Gasteiger partial charge in [-0.05, 0) is 55.8 Å². The zero-order valence-electron chi connectivity index (χ0n) is 12.3. The number of halogens is 2. The standard InChI is InChI=1S/C18H15ClFNO/c1-18(2,12-4-6-13(19)7-5-12)17(22)16-9-11-3-8-14(20)10-15(11)21-16/h3-10,21H,1-2H3. The summed E-state index contributed by atoms with van der Waals surface area (Å²) in [7, 11) is 0. The zero-order valence-corrected chi connectivity index (χ0v) is 13.0. The van der Waals surface area contributed by atoms with Crippen LogP contribution in [0.3, 0.4) is 0 Å². The fraction of sp³-hybridized carbons (Fsp3) is 0.167. The molecular formula is C18H15ClFNO. The summed E-state index contributed by atoms with van der Waals surface area (Å²) in [5.74, 6) is -0.378. The molecule has 22 heavy (non-hydrogen) atoms. The van der Waals surface area contributed by atoms with Crippen molar-refractivity contribution in [2.45, 2.75) is 19.3 Å². The predicted octanol–water partition coefficient (Wildman–Crippen LogP) is 5.12. The number of H-pyrrole nitrogens is 1. The molecule has 1 aromatic heterocycles. The van der Waals surface area contributed by atoms with Gasteiger partial charge in [-0.2, -0.15) is 0 Å². The van der Waals surface area contributed by atoms with E-state index in [0.29, 0.717) is 16.2 Å². The average Bonchev–Trinajstić information content (AvgIpc) is 2.89. The van der Waals surface area contributed by atoms with Gasteiger partial charge in [0.2, 0.25) is 0 Å². The number of carbonyl (C=O) groups is 1. The third-order valence-corrected chi connectivity index (χ3v) is 4.21. The van der Waals surface area contributed by atoms with Crippen molar-refractivity contribution in [2.24, 2.45) is 0 Å². The van der Waals surface area contributed by atoms with Gasteiger partial charge in [-0.25, -0.2) is 4.39 Å². The van der Waals surface area contributed by atoms with E-state index in [2.05, 4.69) is 4.98 Å². The highest BCUT2D eigenvalue weighted by Crippen LogP contribution is 2.29. The highest BCUT2D eigenvalue weighted by atomic mass is 35.5. The first-order chi connectivity index (χ1) is 10.4. The van der Waals surface area contributed by atoms with Gasteiger partial charge in [-0.3, -0.25) is 4.79 Å². The van der Waals surface area contributed by atoms with Gasteiger partial charge in [0.25, 0.3) is 0 Å². The summed E-state index contributed by atoms with van der Waals surface area (Å²) >= 11 is 5.90. The maximum Gasteiger partial charge on any atom is 0.188 e. The van der Waals surface area contributed by atoms with E-state index in [1.807, 2.05) is 26.0 Å². The Hall–Kier alpha value is -2.13. The van der Waals surface area contributed by atoms with Crippen LogP contribution >= 0.6 is 11.6 Å². The molecule has 0 saturated heterocycles. The van der Waals surface area contributed by atoms with Crippen LogP contribution in [-0.4, -0.2) is 10.8 Å². The van der Waals surface area contributed by atoms with Crippen LogP contribution in [0, 0.1) is 5.82 Å². The van der Waals surface area contributed by atoms with E-state index in [1.165, 1.54) is 12.1 Å². The van der Waals surface area contributed by atoms with Crippen molar-refractivity contribution in [2.75, 3.05) is 0 Å². The van der Waals surface area contributed by atoms with Gasteiger partial charge in [0, 0.05) is 15.9 Å². The van der Waals surface area contributed by atoms with E-state index >= 15 is 0 Å². The second kappa shape index (κ2) is 5.25. The first kappa shape index (κ1) is 14.8. The highest BCUT2D eigenvalue weighted by molar-refractivity contribution is 6.30. The second-order valence-electron chi connectivity index (χ2n) is 5.88. The van der Waals surface area contributed by atoms with E-state index in [9.17, 15) is 9.18 Å². The van der Waals surface area contributed by atoms with Crippen molar-refractivity contribution in [1.82, 2.24) is 4.98 Å². The van der Waals surface area contributed by atoms with Crippen LogP contribution in [0.4, 0.5) is 4.39 Å². The molecule has 0 aliphatic rings.